The minimum atomic E-state index is -1.27. The number of quaternary nitrogens is 1. The molecule has 0 aliphatic heterocycles. The molecular formula is C45H88ClNO6. The Morgan fingerprint density at radius 1 is 0.415 bits per heavy atom. The van der Waals surface area contributed by atoms with Gasteiger partial charge in [-0.1, -0.05) is 206 Å². The molecule has 0 fully saturated rings. The van der Waals surface area contributed by atoms with Crippen LogP contribution in [0, 0.1) is 0 Å². The first kappa shape index (κ1) is 53.8. The molecule has 0 radical (unpaired) electrons. The Balaban J connectivity index is 0. The summed E-state index contributed by atoms with van der Waals surface area (Å²) in [6.07, 6.45) is 39.5. The van der Waals surface area contributed by atoms with Gasteiger partial charge in [0.05, 0.1) is 40.8 Å². The second-order valence-corrected chi connectivity index (χ2v) is 16.6. The van der Waals surface area contributed by atoms with E-state index in [0.29, 0.717) is 11.1 Å². The summed E-state index contributed by atoms with van der Waals surface area (Å²) in [6.45, 7) is 5.24. The van der Waals surface area contributed by atoms with Gasteiger partial charge in [-0.15, -0.1) is 0 Å². The SMILES string of the molecule is CCCCCCCCCCCCCCCCCCOC(=O)CC(OC(=O)C[N+](C)(C)C)C(=O)OCCCCCCCCCCCCCCCCCC.[Cl-]. The first-order chi connectivity index (χ1) is 25.2. The number of esters is 3. The average molecular weight is 775 g/mol. The molecular weight excluding hydrogens is 686 g/mol. The van der Waals surface area contributed by atoms with Gasteiger partial charge in [0.25, 0.3) is 0 Å². The molecule has 1 unspecified atom stereocenters. The molecule has 0 aromatic heterocycles. The molecule has 8 heteroatoms. The number of halogens is 1. The van der Waals surface area contributed by atoms with Crippen molar-refractivity contribution in [2.45, 2.75) is 232 Å². The molecule has 0 amide bonds. The van der Waals surface area contributed by atoms with E-state index in [0.717, 1.165) is 38.5 Å². The van der Waals surface area contributed by atoms with Gasteiger partial charge in [-0.2, -0.15) is 0 Å². The van der Waals surface area contributed by atoms with E-state index in [1.54, 1.807) is 0 Å². The summed E-state index contributed by atoms with van der Waals surface area (Å²) in [5, 5.41) is 0. The van der Waals surface area contributed by atoms with Crippen molar-refractivity contribution >= 4 is 17.9 Å². The molecule has 53 heavy (non-hydrogen) atoms. The zero-order valence-corrected chi connectivity index (χ0v) is 36.6. The van der Waals surface area contributed by atoms with E-state index in [9.17, 15) is 14.4 Å². The van der Waals surface area contributed by atoms with Crippen molar-refractivity contribution in [3.8, 4) is 0 Å². The summed E-state index contributed by atoms with van der Waals surface area (Å²) in [5.74, 6) is -1.71. The van der Waals surface area contributed by atoms with Gasteiger partial charge in [0.2, 0.25) is 6.10 Å². The fourth-order valence-electron chi connectivity index (χ4n) is 6.72. The molecule has 0 aliphatic rings. The molecule has 0 heterocycles. The highest BCUT2D eigenvalue weighted by Gasteiger charge is 2.30. The monoisotopic (exact) mass is 774 g/mol. The van der Waals surface area contributed by atoms with E-state index in [2.05, 4.69) is 13.8 Å². The van der Waals surface area contributed by atoms with Gasteiger partial charge >= 0.3 is 17.9 Å². The molecule has 0 spiro atoms. The molecule has 0 N–H and O–H groups in total. The Hall–Kier alpha value is -1.34. The molecule has 0 aromatic carbocycles. The quantitative estimate of drug-likeness (QED) is 0.0267. The number of hydrogen-bond acceptors (Lipinski definition) is 6. The summed E-state index contributed by atoms with van der Waals surface area (Å²) < 4.78 is 16.7. The smallest absolute Gasteiger partial charge is 0.362 e. The number of carbonyl (C=O) groups excluding carboxylic acids is 3. The van der Waals surface area contributed by atoms with Gasteiger partial charge in [0, 0.05) is 0 Å². The number of carbonyl (C=O) groups is 3. The maximum absolute atomic E-state index is 12.9. The third kappa shape index (κ3) is 41.7. The van der Waals surface area contributed by atoms with Crippen LogP contribution in [0.1, 0.15) is 226 Å². The van der Waals surface area contributed by atoms with E-state index >= 15 is 0 Å². The summed E-state index contributed by atoms with van der Waals surface area (Å²) >= 11 is 0. The summed E-state index contributed by atoms with van der Waals surface area (Å²) in [6, 6.07) is 0. The van der Waals surface area contributed by atoms with Crippen molar-refractivity contribution < 1.29 is 45.5 Å². The van der Waals surface area contributed by atoms with Gasteiger partial charge in [-0.05, 0) is 12.8 Å². The lowest BCUT2D eigenvalue weighted by Crippen LogP contribution is -3.00. The topological polar surface area (TPSA) is 78.9 Å². The fourth-order valence-corrected chi connectivity index (χ4v) is 6.72. The summed E-state index contributed by atoms with van der Waals surface area (Å²) in [4.78, 5) is 38.0. The third-order valence-corrected chi connectivity index (χ3v) is 10.00. The van der Waals surface area contributed by atoms with Gasteiger partial charge in [0.15, 0.2) is 6.54 Å². The number of unbranched alkanes of at least 4 members (excludes halogenated alkanes) is 30. The highest BCUT2D eigenvalue weighted by Crippen LogP contribution is 2.16. The maximum atomic E-state index is 12.9. The van der Waals surface area contributed by atoms with Crippen molar-refractivity contribution in [3.05, 3.63) is 0 Å². The molecule has 1 atom stereocenters. The number of likely N-dealkylation sites (N-methyl/N-ethyl adjacent to an activating group) is 1. The Labute approximate surface area is 335 Å². The average Bonchev–Trinajstić information content (AvgIpc) is 3.09. The van der Waals surface area contributed by atoms with E-state index in [4.69, 9.17) is 14.2 Å². The number of rotatable bonds is 40. The maximum Gasteiger partial charge on any atom is 0.362 e. The lowest BCUT2D eigenvalue weighted by Gasteiger charge is -2.24. The zero-order valence-electron chi connectivity index (χ0n) is 35.8. The minimum Gasteiger partial charge on any atom is -1.00 e. The number of nitrogens with zero attached hydrogens (tertiary/aromatic N) is 1. The van der Waals surface area contributed by atoms with Crippen LogP contribution in [0.5, 0.6) is 0 Å². The van der Waals surface area contributed by atoms with E-state index < -0.39 is 24.0 Å². The summed E-state index contributed by atoms with van der Waals surface area (Å²) in [7, 11) is 5.62. The normalized spacial score (nSPS) is 11.9. The molecule has 0 aromatic rings. The molecule has 0 rings (SSSR count). The van der Waals surface area contributed by atoms with Crippen LogP contribution in [0.15, 0.2) is 0 Å². The standard InChI is InChI=1S/C45H88NO6.ClH/c1-6-8-10-12-14-16-18-20-22-24-26-28-30-32-34-36-38-50-43(47)40-42(52-44(48)41-46(3,4)5)45(49)51-39-37-35-33-31-29-27-25-23-21-19-17-15-13-11-9-7-2;/h42H,6-41H2,1-5H3;1H/q+1;/p-1. The Morgan fingerprint density at radius 3 is 1.00 bits per heavy atom. The third-order valence-electron chi connectivity index (χ3n) is 10.00. The Morgan fingerprint density at radius 2 is 0.698 bits per heavy atom. The van der Waals surface area contributed by atoms with Crippen LogP contribution < -0.4 is 12.4 Å². The molecule has 7 nitrogen and oxygen atoms in total. The highest BCUT2D eigenvalue weighted by atomic mass is 35.5. The lowest BCUT2D eigenvalue weighted by atomic mass is 10.0. The molecule has 316 valence electrons. The van der Waals surface area contributed by atoms with Crippen molar-refractivity contribution in [1.82, 2.24) is 0 Å². The minimum absolute atomic E-state index is 0. The predicted molar refractivity (Wildman–Crippen MR) is 218 cm³/mol. The highest BCUT2D eigenvalue weighted by molar-refractivity contribution is 5.84. The van der Waals surface area contributed by atoms with Crippen LogP contribution >= 0.6 is 0 Å². The van der Waals surface area contributed by atoms with Crippen LogP contribution in [-0.2, 0) is 28.6 Å². The van der Waals surface area contributed by atoms with Crippen LogP contribution in [0.2, 0.25) is 0 Å². The first-order valence-corrected chi connectivity index (χ1v) is 22.5. The zero-order chi connectivity index (χ0) is 38.4. The first-order valence-electron chi connectivity index (χ1n) is 22.5. The Kier molecular flexibility index (Phi) is 40.9. The van der Waals surface area contributed by atoms with E-state index in [1.165, 1.54) is 167 Å². The fraction of sp³-hybridized carbons (Fsp3) is 0.933. The van der Waals surface area contributed by atoms with Gasteiger partial charge in [0.1, 0.15) is 0 Å². The molecule has 0 saturated heterocycles. The number of ether oxygens (including phenoxy) is 3. The number of hydrogen-bond donors (Lipinski definition) is 0. The van der Waals surface area contributed by atoms with Crippen molar-refractivity contribution in [1.29, 1.82) is 0 Å². The molecule has 0 bridgehead atoms. The van der Waals surface area contributed by atoms with Gasteiger partial charge < -0.3 is 31.1 Å². The van der Waals surface area contributed by atoms with Crippen LogP contribution in [-0.4, -0.2) is 69.4 Å². The van der Waals surface area contributed by atoms with Gasteiger partial charge in [-0.25, -0.2) is 9.59 Å². The lowest BCUT2D eigenvalue weighted by molar-refractivity contribution is -0.862. The van der Waals surface area contributed by atoms with Gasteiger partial charge in [-0.3, -0.25) is 4.79 Å². The predicted octanol–water partition coefficient (Wildman–Crippen LogP) is 9.61. The van der Waals surface area contributed by atoms with Crippen molar-refractivity contribution in [3.63, 3.8) is 0 Å². The largest absolute Gasteiger partial charge is 1.00 e. The van der Waals surface area contributed by atoms with E-state index in [-0.39, 0.29) is 32.0 Å². The van der Waals surface area contributed by atoms with Crippen molar-refractivity contribution in [2.75, 3.05) is 40.9 Å². The second kappa shape index (κ2) is 40.3. The van der Waals surface area contributed by atoms with E-state index in [1.807, 2.05) is 21.1 Å². The van der Waals surface area contributed by atoms with Crippen LogP contribution in [0.3, 0.4) is 0 Å². The Bertz CT molecular complexity index is 817. The van der Waals surface area contributed by atoms with Crippen LogP contribution in [0.25, 0.3) is 0 Å². The molecule has 0 aliphatic carbocycles. The summed E-state index contributed by atoms with van der Waals surface area (Å²) in [5.41, 5.74) is 0. The van der Waals surface area contributed by atoms with Crippen molar-refractivity contribution in [2.24, 2.45) is 0 Å². The second-order valence-electron chi connectivity index (χ2n) is 16.6. The van der Waals surface area contributed by atoms with Crippen LogP contribution in [0.4, 0.5) is 0 Å². The molecule has 0 saturated carbocycles.